The Morgan fingerprint density at radius 1 is 1.30 bits per heavy atom. The lowest BCUT2D eigenvalue weighted by atomic mass is 10.1. The Morgan fingerprint density at radius 3 is 2.50 bits per heavy atom. The lowest BCUT2D eigenvalue weighted by Crippen LogP contribution is -2.46. The SMILES string of the molecule is Cc1cc(F)cc(NC(=O)CNC(=O)[C@@H](N)C(C)C)c1. The third kappa shape index (κ3) is 4.97. The summed E-state index contributed by atoms with van der Waals surface area (Å²) in [6.07, 6.45) is 0. The number of hydrogen-bond donors (Lipinski definition) is 3. The van der Waals surface area contributed by atoms with Crippen LogP contribution in [0.25, 0.3) is 0 Å². The maximum absolute atomic E-state index is 13.1. The number of carbonyl (C=O) groups excluding carboxylic acids is 2. The second-order valence-electron chi connectivity index (χ2n) is 5.05. The molecule has 110 valence electrons. The van der Waals surface area contributed by atoms with Crippen molar-refractivity contribution in [3.8, 4) is 0 Å². The van der Waals surface area contributed by atoms with Crippen LogP contribution in [0.3, 0.4) is 0 Å². The molecule has 1 aromatic carbocycles. The van der Waals surface area contributed by atoms with Crippen LogP contribution in [0.2, 0.25) is 0 Å². The summed E-state index contributed by atoms with van der Waals surface area (Å²) in [6.45, 7) is 5.16. The fraction of sp³-hybridized carbons (Fsp3) is 0.429. The quantitative estimate of drug-likeness (QED) is 0.757. The Labute approximate surface area is 117 Å². The van der Waals surface area contributed by atoms with Crippen LogP contribution in [0.4, 0.5) is 10.1 Å². The zero-order chi connectivity index (χ0) is 15.3. The van der Waals surface area contributed by atoms with Crippen molar-refractivity contribution < 1.29 is 14.0 Å². The smallest absolute Gasteiger partial charge is 0.243 e. The molecule has 0 aliphatic carbocycles. The largest absolute Gasteiger partial charge is 0.346 e. The Hall–Kier alpha value is -1.95. The van der Waals surface area contributed by atoms with Gasteiger partial charge in [-0.15, -0.1) is 0 Å². The van der Waals surface area contributed by atoms with Crippen molar-refractivity contribution in [1.29, 1.82) is 0 Å². The van der Waals surface area contributed by atoms with Gasteiger partial charge in [0.1, 0.15) is 5.82 Å². The van der Waals surface area contributed by atoms with E-state index < -0.39 is 17.8 Å². The first-order valence-corrected chi connectivity index (χ1v) is 6.40. The minimum absolute atomic E-state index is 0.0102. The molecule has 1 aromatic rings. The van der Waals surface area contributed by atoms with Crippen LogP contribution in [-0.4, -0.2) is 24.4 Å². The molecular formula is C14H20FN3O2. The third-order valence-electron chi connectivity index (χ3n) is 2.77. The fourth-order valence-corrected chi connectivity index (χ4v) is 1.60. The summed E-state index contributed by atoms with van der Waals surface area (Å²) in [5.41, 5.74) is 6.70. The Bertz CT molecular complexity index is 483. The van der Waals surface area contributed by atoms with E-state index in [9.17, 15) is 14.0 Å². The normalized spacial score (nSPS) is 12.1. The molecule has 0 aromatic heterocycles. The maximum Gasteiger partial charge on any atom is 0.243 e. The van der Waals surface area contributed by atoms with Gasteiger partial charge in [0.25, 0.3) is 0 Å². The van der Waals surface area contributed by atoms with E-state index in [0.29, 0.717) is 11.3 Å². The van der Waals surface area contributed by atoms with Gasteiger partial charge in [-0.25, -0.2) is 4.39 Å². The number of halogens is 1. The number of rotatable bonds is 5. The minimum Gasteiger partial charge on any atom is -0.346 e. The van der Waals surface area contributed by atoms with Gasteiger partial charge in [0.2, 0.25) is 11.8 Å². The first kappa shape index (κ1) is 16.1. The van der Waals surface area contributed by atoms with E-state index in [2.05, 4.69) is 10.6 Å². The molecule has 20 heavy (non-hydrogen) atoms. The summed E-state index contributed by atoms with van der Waals surface area (Å²) in [6, 6.07) is 3.56. The van der Waals surface area contributed by atoms with Crippen LogP contribution in [0.15, 0.2) is 18.2 Å². The molecule has 0 unspecified atom stereocenters. The van der Waals surface area contributed by atoms with Crippen molar-refractivity contribution in [3.63, 3.8) is 0 Å². The maximum atomic E-state index is 13.1. The van der Waals surface area contributed by atoms with Crippen molar-refractivity contribution in [2.75, 3.05) is 11.9 Å². The number of aryl methyl sites for hydroxylation is 1. The lowest BCUT2D eigenvalue weighted by molar-refractivity contribution is -0.125. The van der Waals surface area contributed by atoms with Crippen molar-refractivity contribution >= 4 is 17.5 Å². The Morgan fingerprint density at radius 2 is 1.95 bits per heavy atom. The number of benzene rings is 1. The highest BCUT2D eigenvalue weighted by molar-refractivity contribution is 5.95. The summed E-state index contributed by atoms with van der Waals surface area (Å²) in [5, 5.41) is 4.96. The molecule has 0 fully saturated rings. The second kappa shape index (κ2) is 7.00. The van der Waals surface area contributed by atoms with E-state index in [0.717, 1.165) is 0 Å². The van der Waals surface area contributed by atoms with Crippen LogP contribution < -0.4 is 16.4 Å². The number of anilines is 1. The summed E-state index contributed by atoms with van der Waals surface area (Å²) in [4.78, 5) is 23.2. The van der Waals surface area contributed by atoms with E-state index in [1.54, 1.807) is 13.0 Å². The van der Waals surface area contributed by atoms with Crippen LogP contribution in [0.5, 0.6) is 0 Å². The molecule has 0 spiro atoms. The van der Waals surface area contributed by atoms with Gasteiger partial charge in [-0.05, 0) is 36.6 Å². The zero-order valence-corrected chi connectivity index (χ0v) is 11.9. The molecule has 0 heterocycles. The molecule has 4 N–H and O–H groups in total. The summed E-state index contributed by atoms with van der Waals surface area (Å²) in [7, 11) is 0. The molecule has 0 bridgehead atoms. The second-order valence-corrected chi connectivity index (χ2v) is 5.05. The highest BCUT2D eigenvalue weighted by Gasteiger charge is 2.17. The minimum atomic E-state index is -0.654. The number of amides is 2. The molecule has 2 amide bonds. The summed E-state index contributed by atoms with van der Waals surface area (Å²) in [5.74, 6) is -1.25. The van der Waals surface area contributed by atoms with E-state index in [1.807, 2.05) is 13.8 Å². The molecule has 1 rings (SSSR count). The summed E-state index contributed by atoms with van der Waals surface area (Å²) < 4.78 is 13.1. The number of carbonyl (C=O) groups is 2. The van der Waals surface area contributed by atoms with Crippen LogP contribution in [-0.2, 0) is 9.59 Å². The monoisotopic (exact) mass is 281 g/mol. The van der Waals surface area contributed by atoms with Crippen molar-refractivity contribution in [2.45, 2.75) is 26.8 Å². The third-order valence-corrected chi connectivity index (χ3v) is 2.77. The molecule has 0 aliphatic rings. The number of nitrogens with two attached hydrogens (primary N) is 1. The van der Waals surface area contributed by atoms with E-state index in [-0.39, 0.29) is 18.4 Å². The number of hydrogen-bond acceptors (Lipinski definition) is 3. The molecule has 5 nitrogen and oxygen atoms in total. The van der Waals surface area contributed by atoms with Crippen molar-refractivity contribution in [1.82, 2.24) is 5.32 Å². The molecule has 0 saturated heterocycles. The van der Waals surface area contributed by atoms with Crippen LogP contribution >= 0.6 is 0 Å². The van der Waals surface area contributed by atoms with Gasteiger partial charge < -0.3 is 16.4 Å². The van der Waals surface area contributed by atoms with Gasteiger partial charge in [-0.3, -0.25) is 9.59 Å². The standard InChI is InChI=1S/C14H20FN3O2/c1-8(2)13(16)14(20)17-7-12(19)18-11-5-9(3)4-10(15)6-11/h4-6,8,13H,7,16H2,1-3H3,(H,17,20)(H,18,19)/t13-/m0/s1. The lowest BCUT2D eigenvalue weighted by Gasteiger charge is -2.15. The predicted molar refractivity (Wildman–Crippen MR) is 75.6 cm³/mol. The predicted octanol–water partition coefficient (Wildman–Crippen LogP) is 1.17. The molecule has 0 radical (unpaired) electrons. The van der Waals surface area contributed by atoms with Gasteiger partial charge in [0.15, 0.2) is 0 Å². The average Bonchev–Trinajstić information content (AvgIpc) is 2.33. The van der Waals surface area contributed by atoms with Gasteiger partial charge in [-0.1, -0.05) is 13.8 Å². The van der Waals surface area contributed by atoms with Crippen molar-refractivity contribution in [2.24, 2.45) is 11.7 Å². The average molecular weight is 281 g/mol. The first-order valence-electron chi connectivity index (χ1n) is 6.40. The van der Waals surface area contributed by atoms with Gasteiger partial charge in [0, 0.05) is 5.69 Å². The molecule has 0 aliphatic heterocycles. The van der Waals surface area contributed by atoms with Gasteiger partial charge in [0.05, 0.1) is 12.6 Å². The van der Waals surface area contributed by atoms with Crippen molar-refractivity contribution in [3.05, 3.63) is 29.6 Å². The van der Waals surface area contributed by atoms with E-state index >= 15 is 0 Å². The topological polar surface area (TPSA) is 84.2 Å². The summed E-state index contributed by atoms with van der Waals surface area (Å²) >= 11 is 0. The molecule has 6 heteroatoms. The van der Waals surface area contributed by atoms with Gasteiger partial charge >= 0.3 is 0 Å². The highest BCUT2D eigenvalue weighted by atomic mass is 19.1. The van der Waals surface area contributed by atoms with E-state index in [4.69, 9.17) is 5.73 Å². The first-order chi connectivity index (χ1) is 9.29. The molecule has 0 saturated carbocycles. The highest BCUT2D eigenvalue weighted by Crippen LogP contribution is 2.12. The fourth-order valence-electron chi connectivity index (χ4n) is 1.60. The van der Waals surface area contributed by atoms with Crippen LogP contribution in [0, 0.1) is 18.7 Å². The van der Waals surface area contributed by atoms with E-state index in [1.165, 1.54) is 12.1 Å². The zero-order valence-electron chi connectivity index (χ0n) is 11.9. The Kier molecular flexibility index (Phi) is 5.64. The molecular weight excluding hydrogens is 261 g/mol. The van der Waals surface area contributed by atoms with Crippen LogP contribution in [0.1, 0.15) is 19.4 Å². The number of nitrogens with one attached hydrogen (secondary N) is 2. The molecule has 1 atom stereocenters. The Balaban J connectivity index is 2.50. The van der Waals surface area contributed by atoms with Gasteiger partial charge in [-0.2, -0.15) is 0 Å².